The quantitative estimate of drug-likeness (QED) is 0.639. The van der Waals surface area contributed by atoms with Gasteiger partial charge in [-0.2, -0.15) is 5.26 Å². The van der Waals surface area contributed by atoms with E-state index >= 15 is 0 Å². The van der Waals surface area contributed by atoms with Crippen molar-refractivity contribution < 1.29 is 13.5 Å². The second kappa shape index (κ2) is 5.17. The average molecular weight is 206 g/mol. The van der Waals surface area contributed by atoms with Crippen LogP contribution in [-0.4, -0.2) is 31.4 Å². The van der Waals surface area contributed by atoms with Gasteiger partial charge in [0, 0.05) is 6.54 Å². The minimum atomic E-state index is -3.59. The number of rotatable bonds is 5. The van der Waals surface area contributed by atoms with Crippen molar-refractivity contribution in [2.24, 2.45) is 0 Å². The highest BCUT2D eigenvalue weighted by molar-refractivity contribution is 7.90. The molecule has 2 N–H and O–H groups in total. The standard InChI is InChI=1S/C7H14N2O3S/c1-3-7(4-8)13(11,12)9-5-6(2)10/h6-7,9-10H,3,5H2,1-2H3/t6-,7?/m1/s1. The molecule has 0 heterocycles. The summed E-state index contributed by atoms with van der Waals surface area (Å²) in [6.45, 7) is 3.03. The Bertz CT molecular complexity index is 279. The van der Waals surface area contributed by atoms with Gasteiger partial charge in [0.05, 0.1) is 12.2 Å². The Hall–Kier alpha value is -0.640. The minimum absolute atomic E-state index is 0.0550. The van der Waals surface area contributed by atoms with Gasteiger partial charge in [0.25, 0.3) is 0 Å². The first-order valence-electron chi connectivity index (χ1n) is 4.00. The van der Waals surface area contributed by atoms with E-state index < -0.39 is 21.4 Å². The van der Waals surface area contributed by atoms with Gasteiger partial charge < -0.3 is 5.11 Å². The van der Waals surface area contributed by atoms with Gasteiger partial charge in [0.1, 0.15) is 0 Å². The number of aliphatic hydroxyl groups is 1. The summed E-state index contributed by atoms with van der Waals surface area (Å²) in [6.07, 6.45) is -0.503. The SMILES string of the molecule is CCC(C#N)S(=O)(=O)NC[C@@H](C)O. The summed E-state index contributed by atoms with van der Waals surface area (Å²) in [5.74, 6) is 0. The van der Waals surface area contributed by atoms with Crippen molar-refractivity contribution in [2.45, 2.75) is 31.6 Å². The first-order chi connectivity index (χ1) is 5.94. The van der Waals surface area contributed by atoms with Crippen molar-refractivity contribution in [2.75, 3.05) is 6.54 Å². The number of nitriles is 1. The van der Waals surface area contributed by atoms with E-state index in [-0.39, 0.29) is 13.0 Å². The van der Waals surface area contributed by atoms with Crippen LogP contribution >= 0.6 is 0 Å². The van der Waals surface area contributed by atoms with Gasteiger partial charge in [-0.05, 0) is 13.3 Å². The Labute approximate surface area is 78.4 Å². The van der Waals surface area contributed by atoms with Crippen molar-refractivity contribution in [1.29, 1.82) is 5.26 Å². The lowest BCUT2D eigenvalue weighted by atomic mass is 10.4. The molecule has 0 saturated carbocycles. The number of nitrogens with zero attached hydrogens (tertiary/aromatic N) is 1. The van der Waals surface area contributed by atoms with Crippen molar-refractivity contribution >= 4 is 10.0 Å². The summed E-state index contributed by atoms with van der Waals surface area (Å²) in [7, 11) is -3.59. The molecule has 0 amide bonds. The lowest BCUT2D eigenvalue weighted by Gasteiger charge is -2.10. The fraction of sp³-hybridized carbons (Fsp3) is 0.857. The van der Waals surface area contributed by atoms with Gasteiger partial charge in [0.15, 0.2) is 5.25 Å². The lowest BCUT2D eigenvalue weighted by Crippen LogP contribution is -2.37. The molecule has 6 heteroatoms. The van der Waals surface area contributed by atoms with Crippen LogP contribution in [0, 0.1) is 11.3 Å². The summed E-state index contributed by atoms with van der Waals surface area (Å²) in [5.41, 5.74) is 0. The molecule has 0 fully saturated rings. The molecule has 0 rings (SSSR count). The molecule has 0 bridgehead atoms. The van der Waals surface area contributed by atoms with Crippen molar-refractivity contribution in [3.8, 4) is 6.07 Å². The van der Waals surface area contributed by atoms with Gasteiger partial charge in [-0.25, -0.2) is 13.1 Å². The fourth-order valence-corrected chi connectivity index (χ4v) is 1.97. The van der Waals surface area contributed by atoms with E-state index in [1.54, 1.807) is 13.0 Å². The molecule has 0 aromatic rings. The lowest BCUT2D eigenvalue weighted by molar-refractivity contribution is 0.198. The van der Waals surface area contributed by atoms with E-state index in [2.05, 4.69) is 4.72 Å². The molecular weight excluding hydrogens is 192 g/mol. The van der Waals surface area contributed by atoms with Crippen LogP contribution in [0.15, 0.2) is 0 Å². The van der Waals surface area contributed by atoms with Gasteiger partial charge in [0.2, 0.25) is 10.0 Å². The van der Waals surface area contributed by atoms with Crippen LogP contribution in [0.5, 0.6) is 0 Å². The second-order valence-corrected chi connectivity index (χ2v) is 4.72. The predicted molar refractivity (Wildman–Crippen MR) is 48.3 cm³/mol. The molecule has 0 saturated heterocycles. The molecule has 0 aromatic carbocycles. The summed E-state index contributed by atoms with van der Waals surface area (Å²) in [5, 5.41) is 16.3. The molecule has 0 aliphatic carbocycles. The monoisotopic (exact) mass is 206 g/mol. The molecule has 0 spiro atoms. The third kappa shape index (κ3) is 4.22. The Balaban J connectivity index is 4.33. The zero-order valence-electron chi connectivity index (χ0n) is 7.69. The first kappa shape index (κ1) is 12.4. The maximum Gasteiger partial charge on any atom is 0.228 e. The smallest absolute Gasteiger partial charge is 0.228 e. The molecule has 0 aliphatic heterocycles. The minimum Gasteiger partial charge on any atom is -0.392 e. The van der Waals surface area contributed by atoms with Crippen LogP contribution in [0.2, 0.25) is 0 Å². The highest BCUT2D eigenvalue weighted by atomic mass is 32.2. The predicted octanol–water partition coefficient (Wildman–Crippen LogP) is -0.411. The summed E-state index contributed by atoms with van der Waals surface area (Å²) < 4.78 is 24.7. The molecule has 0 aromatic heterocycles. The average Bonchev–Trinajstić information content (AvgIpc) is 2.03. The van der Waals surface area contributed by atoms with Crippen molar-refractivity contribution in [1.82, 2.24) is 4.72 Å². The third-order valence-corrected chi connectivity index (χ3v) is 3.23. The normalized spacial score (nSPS) is 16.2. The summed E-state index contributed by atoms with van der Waals surface area (Å²) in [6, 6.07) is 1.68. The van der Waals surface area contributed by atoms with Crippen LogP contribution in [0.3, 0.4) is 0 Å². The molecule has 0 aliphatic rings. The largest absolute Gasteiger partial charge is 0.392 e. The van der Waals surface area contributed by atoms with Gasteiger partial charge >= 0.3 is 0 Å². The van der Waals surface area contributed by atoms with Crippen molar-refractivity contribution in [3.05, 3.63) is 0 Å². The van der Waals surface area contributed by atoms with Gasteiger partial charge in [-0.15, -0.1) is 0 Å². The second-order valence-electron chi connectivity index (χ2n) is 2.77. The van der Waals surface area contributed by atoms with Crippen molar-refractivity contribution in [3.63, 3.8) is 0 Å². The number of nitrogens with one attached hydrogen (secondary N) is 1. The van der Waals surface area contributed by atoms with Crippen LogP contribution < -0.4 is 4.72 Å². The molecule has 76 valence electrons. The van der Waals surface area contributed by atoms with E-state index in [9.17, 15) is 8.42 Å². The van der Waals surface area contributed by atoms with Gasteiger partial charge in [-0.1, -0.05) is 6.92 Å². The third-order valence-electron chi connectivity index (χ3n) is 1.47. The first-order valence-corrected chi connectivity index (χ1v) is 5.54. The number of aliphatic hydroxyl groups excluding tert-OH is 1. The van der Waals surface area contributed by atoms with Crippen LogP contribution in [-0.2, 0) is 10.0 Å². The van der Waals surface area contributed by atoms with E-state index in [4.69, 9.17) is 10.4 Å². The van der Waals surface area contributed by atoms with E-state index in [1.165, 1.54) is 6.92 Å². The number of hydrogen-bond donors (Lipinski definition) is 2. The maximum absolute atomic E-state index is 11.3. The number of hydrogen-bond acceptors (Lipinski definition) is 4. The van der Waals surface area contributed by atoms with Crippen LogP contribution in [0.4, 0.5) is 0 Å². The summed E-state index contributed by atoms with van der Waals surface area (Å²) in [4.78, 5) is 0. The number of sulfonamides is 1. The topological polar surface area (TPSA) is 90.2 Å². The molecule has 2 atom stereocenters. The van der Waals surface area contributed by atoms with Crippen LogP contribution in [0.1, 0.15) is 20.3 Å². The maximum atomic E-state index is 11.3. The molecule has 1 unspecified atom stereocenters. The zero-order chi connectivity index (χ0) is 10.5. The van der Waals surface area contributed by atoms with Gasteiger partial charge in [-0.3, -0.25) is 0 Å². The Morgan fingerprint density at radius 1 is 1.62 bits per heavy atom. The summed E-state index contributed by atoms with van der Waals surface area (Å²) >= 11 is 0. The Kier molecular flexibility index (Phi) is 4.91. The fourth-order valence-electron chi connectivity index (χ4n) is 0.717. The van der Waals surface area contributed by atoms with E-state index in [0.717, 1.165) is 0 Å². The molecular formula is C7H14N2O3S. The Morgan fingerprint density at radius 3 is 2.46 bits per heavy atom. The highest BCUT2D eigenvalue weighted by Crippen LogP contribution is 2.02. The van der Waals surface area contributed by atoms with E-state index in [0.29, 0.717) is 0 Å². The Morgan fingerprint density at radius 2 is 2.15 bits per heavy atom. The molecule has 5 nitrogen and oxygen atoms in total. The molecule has 13 heavy (non-hydrogen) atoms. The highest BCUT2D eigenvalue weighted by Gasteiger charge is 2.22. The van der Waals surface area contributed by atoms with E-state index in [1.807, 2.05) is 0 Å². The van der Waals surface area contributed by atoms with Crippen LogP contribution in [0.25, 0.3) is 0 Å². The zero-order valence-corrected chi connectivity index (χ0v) is 8.50. The molecule has 0 radical (unpaired) electrons.